The Morgan fingerprint density at radius 3 is 2.89 bits per heavy atom. The molecular weight excluding hydrogens is 280 g/mol. The Hall–Kier alpha value is -0.870. The molecule has 0 aliphatic carbocycles. The lowest BCUT2D eigenvalue weighted by molar-refractivity contribution is 0.100. The Morgan fingerprint density at radius 1 is 1.53 bits per heavy atom. The molecule has 1 aromatic carbocycles. The predicted molar refractivity (Wildman–Crippen MR) is 83.1 cm³/mol. The van der Waals surface area contributed by atoms with Gasteiger partial charge in [0.2, 0.25) is 5.91 Å². The first-order valence-electron chi connectivity index (χ1n) is 6.34. The van der Waals surface area contributed by atoms with Gasteiger partial charge in [-0.15, -0.1) is 0 Å². The zero-order valence-corrected chi connectivity index (χ0v) is 12.8. The lowest BCUT2D eigenvalue weighted by Gasteiger charge is -2.39. The van der Waals surface area contributed by atoms with E-state index in [1.807, 2.05) is 17.8 Å². The second-order valence-corrected chi connectivity index (χ2v) is 7.13. The van der Waals surface area contributed by atoms with Gasteiger partial charge in [0.25, 0.3) is 0 Å². The second kappa shape index (κ2) is 5.63. The molecule has 0 radical (unpaired) electrons. The topological polar surface area (TPSA) is 55.1 Å². The molecule has 104 valence electrons. The van der Waals surface area contributed by atoms with Crippen molar-refractivity contribution in [1.29, 1.82) is 0 Å². The maximum Gasteiger partial charge on any atom is 0.250 e. The van der Waals surface area contributed by atoms with Gasteiger partial charge in [-0.25, -0.2) is 0 Å². The maximum atomic E-state index is 11.3. The summed E-state index contributed by atoms with van der Waals surface area (Å²) in [4.78, 5) is 11.3. The molecular formula is C14H19ClN2OS. The zero-order chi connectivity index (χ0) is 14.0. The Balaban J connectivity index is 2.19. The van der Waals surface area contributed by atoms with Gasteiger partial charge < -0.3 is 11.1 Å². The van der Waals surface area contributed by atoms with E-state index in [9.17, 15) is 4.79 Å². The lowest BCUT2D eigenvalue weighted by Crippen LogP contribution is -2.41. The van der Waals surface area contributed by atoms with Crippen LogP contribution >= 0.6 is 23.4 Å². The van der Waals surface area contributed by atoms with Gasteiger partial charge in [0.1, 0.15) is 0 Å². The fraction of sp³-hybridized carbons (Fsp3) is 0.500. The van der Waals surface area contributed by atoms with Crippen molar-refractivity contribution in [1.82, 2.24) is 0 Å². The summed E-state index contributed by atoms with van der Waals surface area (Å²) < 4.78 is 0. The van der Waals surface area contributed by atoms with Crippen LogP contribution in [0.25, 0.3) is 0 Å². The molecule has 0 aromatic heterocycles. The summed E-state index contributed by atoms with van der Waals surface area (Å²) in [5.74, 6) is 1.78. The number of nitrogens with one attached hydrogen (secondary N) is 1. The van der Waals surface area contributed by atoms with Gasteiger partial charge in [-0.3, -0.25) is 4.79 Å². The fourth-order valence-electron chi connectivity index (χ4n) is 2.18. The fourth-order valence-corrected chi connectivity index (χ4v) is 4.00. The Labute approximate surface area is 123 Å². The van der Waals surface area contributed by atoms with Crippen LogP contribution in [0.4, 0.5) is 5.69 Å². The van der Waals surface area contributed by atoms with Crippen LogP contribution in [0.3, 0.4) is 0 Å². The van der Waals surface area contributed by atoms with E-state index in [1.165, 1.54) is 12.2 Å². The van der Waals surface area contributed by atoms with Crippen LogP contribution < -0.4 is 11.1 Å². The monoisotopic (exact) mass is 298 g/mol. The summed E-state index contributed by atoms with van der Waals surface area (Å²) in [5.41, 5.74) is 6.83. The number of rotatable bonds is 3. The van der Waals surface area contributed by atoms with Gasteiger partial charge in [-0.05, 0) is 35.8 Å². The largest absolute Gasteiger partial charge is 0.381 e. The third-order valence-corrected chi connectivity index (χ3v) is 5.08. The normalized spacial score (nSPS) is 21.9. The molecule has 1 aromatic rings. The van der Waals surface area contributed by atoms with E-state index in [2.05, 4.69) is 19.2 Å². The van der Waals surface area contributed by atoms with Gasteiger partial charge in [0.15, 0.2) is 0 Å². The molecule has 1 aliphatic rings. The molecule has 1 fully saturated rings. The summed E-state index contributed by atoms with van der Waals surface area (Å²) in [7, 11) is 0. The van der Waals surface area contributed by atoms with Crippen LogP contribution in [0.2, 0.25) is 5.02 Å². The molecule has 3 N–H and O–H groups in total. The number of primary amides is 1. The van der Waals surface area contributed by atoms with Gasteiger partial charge in [0.05, 0.1) is 10.6 Å². The van der Waals surface area contributed by atoms with E-state index in [4.69, 9.17) is 17.3 Å². The molecule has 0 saturated carbocycles. The number of amides is 1. The van der Waals surface area contributed by atoms with Crippen LogP contribution in [-0.2, 0) is 0 Å². The number of anilines is 1. The van der Waals surface area contributed by atoms with Gasteiger partial charge in [0, 0.05) is 17.5 Å². The van der Waals surface area contributed by atoms with Crippen molar-refractivity contribution in [3.8, 4) is 0 Å². The van der Waals surface area contributed by atoms with Crippen molar-refractivity contribution in [2.75, 3.05) is 16.8 Å². The molecule has 1 atom stereocenters. The molecule has 0 bridgehead atoms. The predicted octanol–water partition coefficient (Wildman–Crippen LogP) is 3.38. The van der Waals surface area contributed by atoms with Gasteiger partial charge in [-0.1, -0.05) is 25.4 Å². The molecule has 2 rings (SSSR count). The highest BCUT2D eigenvalue weighted by molar-refractivity contribution is 7.99. The summed E-state index contributed by atoms with van der Waals surface area (Å²) in [6, 6.07) is 5.73. The van der Waals surface area contributed by atoms with E-state index >= 15 is 0 Å². The molecule has 3 nitrogen and oxygen atoms in total. The highest BCUT2D eigenvalue weighted by atomic mass is 35.5. The van der Waals surface area contributed by atoms with Crippen LogP contribution in [0.5, 0.6) is 0 Å². The number of thioether (sulfide) groups is 1. The zero-order valence-electron chi connectivity index (χ0n) is 11.2. The van der Waals surface area contributed by atoms with Crippen LogP contribution in [-0.4, -0.2) is 23.5 Å². The van der Waals surface area contributed by atoms with E-state index in [-0.39, 0.29) is 5.41 Å². The Kier molecular flexibility index (Phi) is 4.31. The van der Waals surface area contributed by atoms with Crippen molar-refractivity contribution in [3.63, 3.8) is 0 Å². The number of benzene rings is 1. The molecule has 1 amide bonds. The third-order valence-electron chi connectivity index (χ3n) is 3.69. The lowest BCUT2D eigenvalue weighted by atomic mass is 9.82. The number of nitrogens with two attached hydrogens (primary N) is 1. The second-order valence-electron chi connectivity index (χ2n) is 5.57. The maximum absolute atomic E-state index is 11.3. The molecule has 5 heteroatoms. The minimum Gasteiger partial charge on any atom is -0.381 e. The average molecular weight is 299 g/mol. The van der Waals surface area contributed by atoms with Gasteiger partial charge in [-0.2, -0.15) is 11.8 Å². The standard InChI is InChI=1S/C14H19ClN2OS/c1-14(2)5-6-19-8-12(14)17-9-3-4-11(15)10(7-9)13(16)18/h3-4,7,12,17H,5-6,8H2,1-2H3,(H2,16,18). The molecule has 19 heavy (non-hydrogen) atoms. The first-order chi connectivity index (χ1) is 8.90. The van der Waals surface area contributed by atoms with Crippen LogP contribution in [0.15, 0.2) is 18.2 Å². The Bertz CT molecular complexity index is 490. The number of hydrogen-bond acceptors (Lipinski definition) is 3. The average Bonchev–Trinajstić information content (AvgIpc) is 2.33. The van der Waals surface area contributed by atoms with Crippen LogP contribution in [0.1, 0.15) is 30.6 Å². The van der Waals surface area contributed by atoms with E-state index in [0.717, 1.165) is 11.4 Å². The van der Waals surface area contributed by atoms with E-state index in [1.54, 1.807) is 12.1 Å². The minimum absolute atomic E-state index is 0.248. The molecule has 0 spiro atoms. The summed E-state index contributed by atoms with van der Waals surface area (Å²) in [5, 5.41) is 3.90. The number of hydrogen-bond donors (Lipinski definition) is 2. The Morgan fingerprint density at radius 2 is 2.26 bits per heavy atom. The van der Waals surface area contributed by atoms with Crippen LogP contribution in [0, 0.1) is 5.41 Å². The summed E-state index contributed by atoms with van der Waals surface area (Å²) in [6.07, 6.45) is 1.19. The SMILES string of the molecule is CC1(C)CCSCC1Nc1ccc(Cl)c(C(N)=O)c1. The van der Waals surface area contributed by atoms with Crippen molar-refractivity contribution in [2.45, 2.75) is 26.3 Å². The quantitative estimate of drug-likeness (QED) is 0.899. The third kappa shape index (κ3) is 3.37. The van der Waals surface area contributed by atoms with Crippen molar-refractivity contribution in [2.24, 2.45) is 11.1 Å². The van der Waals surface area contributed by atoms with Crippen molar-refractivity contribution >= 4 is 35.0 Å². The molecule has 1 saturated heterocycles. The van der Waals surface area contributed by atoms with E-state index in [0.29, 0.717) is 16.6 Å². The minimum atomic E-state index is -0.495. The smallest absolute Gasteiger partial charge is 0.250 e. The van der Waals surface area contributed by atoms with Crippen molar-refractivity contribution < 1.29 is 4.79 Å². The first kappa shape index (κ1) is 14.5. The van der Waals surface area contributed by atoms with Gasteiger partial charge >= 0.3 is 0 Å². The summed E-state index contributed by atoms with van der Waals surface area (Å²) in [6.45, 7) is 4.55. The number of carbonyl (C=O) groups is 1. The molecule has 1 aliphatic heterocycles. The number of halogens is 1. The highest BCUT2D eigenvalue weighted by Gasteiger charge is 2.32. The first-order valence-corrected chi connectivity index (χ1v) is 7.87. The van der Waals surface area contributed by atoms with E-state index < -0.39 is 5.91 Å². The molecule has 1 heterocycles. The number of carbonyl (C=O) groups excluding carboxylic acids is 1. The summed E-state index contributed by atoms with van der Waals surface area (Å²) >= 11 is 7.92. The molecule has 1 unspecified atom stereocenters. The highest BCUT2D eigenvalue weighted by Crippen LogP contribution is 2.36. The van der Waals surface area contributed by atoms with Crippen molar-refractivity contribution in [3.05, 3.63) is 28.8 Å².